The Balaban J connectivity index is 1.39. The van der Waals surface area contributed by atoms with Crippen LogP contribution in [0.5, 0.6) is 11.6 Å². The maximum atomic E-state index is 13.9. The number of aromatic nitrogens is 2. The molecule has 1 amide bonds. The Morgan fingerprint density at radius 1 is 1.08 bits per heavy atom. The second kappa shape index (κ2) is 14.2. The van der Waals surface area contributed by atoms with Gasteiger partial charge in [-0.1, -0.05) is 47.5 Å². The molecule has 0 spiro atoms. The van der Waals surface area contributed by atoms with Crippen LogP contribution in [0.2, 0.25) is 0 Å². The van der Waals surface area contributed by atoms with Crippen molar-refractivity contribution in [2.75, 3.05) is 20.2 Å². The summed E-state index contributed by atoms with van der Waals surface area (Å²) in [6, 6.07) is 7.19. The maximum absolute atomic E-state index is 13.9. The van der Waals surface area contributed by atoms with E-state index in [0.717, 1.165) is 49.7 Å². The van der Waals surface area contributed by atoms with Crippen LogP contribution in [0.4, 0.5) is 4.79 Å². The molecule has 10 nitrogen and oxygen atoms in total. The lowest BCUT2D eigenvalue weighted by atomic mass is 9.82. The molecular formula is C38H53N5O5. The highest BCUT2D eigenvalue weighted by atomic mass is 16.6. The van der Waals surface area contributed by atoms with Crippen LogP contribution < -0.4 is 14.8 Å². The molecule has 9 unspecified atom stereocenters. The van der Waals surface area contributed by atoms with Crippen molar-refractivity contribution in [2.24, 2.45) is 35.0 Å². The minimum absolute atomic E-state index is 0.0435. The lowest BCUT2D eigenvalue weighted by Crippen LogP contribution is -2.54. The van der Waals surface area contributed by atoms with E-state index in [1.165, 1.54) is 6.42 Å². The molecule has 3 fully saturated rings. The first-order valence-corrected chi connectivity index (χ1v) is 18.1. The van der Waals surface area contributed by atoms with Crippen LogP contribution in [-0.4, -0.2) is 71.2 Å². The third-order valence-electron chi connectivity index (χ3n) is 11.5. The van der Waals surface area contributed by atoms with Gasteiger partial charge in [-0.15, -0.1) is 0 Å². The van der Waals surface area contributed by atoms with Crippen molar-refractivity contribution >= 4 is 22.9 Å². The molecule has 48 heavy (non-hydrogen) atoms. The third kappa shape index (κ3) is 7.12. The lowest BCUT2D eigenvalue weighted by Gasteiger charge is -2.37. The van der Waals surface area contributed by atoms with E-state index in [1.807, 2.05) is 32.0 Å². The van der Waals surface area contributed by atoms with E-state index in [-0.39, 0.29) is 47.7 Å². The van der Waals surface area contributed by atoms with Gasteiger partial charge in [0.05, 0.1) is 30.3 Å². The predicted molar refractivity (Wildman–Crippen MR) is 183 cm³/mol. The smallest absolute Gasteiger partial charge is 0.407 e. The van der Waals surface area contributed by atoms with Gasteiger partial charge >= 0.3 is 6.09 Å². The number of carbonyl (C=O) groups is 2. The minimum atomic E-state index is -0.536. The number of nitriles is 1. The fraction of sp³-hybridized carbons (Fsp3) is 0.711. The van der Waals surface area contributed by atoms with Crippen molar-refractivity contribution in [3.05, 3.63) is 23.9 Å². The number of amides is 1. The van der Waals surface area contributed by atoms with Crippen molar-refractivity contribution in [3.8, 4) is 17.7 Å². The van der Waals surface area contributed by atoms with Gasteiger partial charge in [0.25, 0.3) is 0 Å². The summed E-state index contributed by atoms with van der Waals surface area (Å²) in [5.74, 6) is 2.08. The molecule has 1 saturated heterocycles. The molecule has 4 bridgehead atoms. The van der Waals surface area contributed by atoms with E-state index in [9.17, 15) is 14.9 Å². The largest absolute Gasteiger partial charge is 0.497 e. The molecule has 2 aliphatic carbocycles. The SMILES string of the molecule is COc1ccc2nc3c(nc2c1)OC1CN(CC(C(C)(C)C)NC(=O)OC2C4CCC(C4)C2CCCCC3)C(C(=O)C(C)C)C1CC#N. The van der Waals surface area contributed by atoms with E-state index >= 15 is 0 Å². The number of methoxy groups -OCH3 is 1. The van der Waals surface area contributed by atoms with Gasteiger partial charge in [0.2, 0.25) is 5.88 Å². The predicted octanol–water partition coefficient (Wildman–Crippen LogP) is 6.50. The van der Waals surface area contributed by atoms with Crippen LogP contribution in [0.1, 0.15) is 91.7 Å². The molecule has 260 valence electrons. The number of ketones is 1. The summed E-state index contributed by atoms with van der Waals surface area (Å²) in [5, 5.41) is 13.2. The molecule has 9 atom stereocenters. The van der Waals surface area contributed by atoms with Crippen molar-refractivity contribution < 1.29 is 23.8 Å². The Labute approximate surface area is 285 Å². The number of rotatable bonds is 4. The highest BCUT2D eigenvalue weighted by molar-refractivity contribution is 5.86. The molecule has 0 radical (unpaired) electrons. The number of benzene rings is 1. The Morgan fingerprint density at radius 2 is 1.88 bits per heavy atom. The summed E-state index contributed by atoms with van der Waals surface area (Å²) in [7, 11) is 1.63. The van der Waals surface area contributed by atoms with E-state index in [0.29, 0.717) is 54.4 Å². The number of carbonyl (C=O) groups excluding carboxylic acids is 2. The van der Waals surface area contributed by atoms with Crippen LogP contribution in [0.25, 0.3) is 11.0 Å². The monoisotopic (exact) mass is 659 g/mol. The topological polar surface area (TPSA) is 127 Å². The Kier molecular flexibility index (Phi) is 10.2. The molecule has 1 aromatic carbocycles. The van der Waals surface area contributed by atoms with Gasteiger partial charge in [0.1, 0.15) is 23.7 Å². The number of aryl methyl sites for hydroxylation is 1. The van der Waals surface area contributed by atoms with Gasteiger partial charge in [-0.25, -0.2) is 14.8 Å². The molecule has 10 heteroatoms. The van der Waals surface area contributed by atoms with E-state index in [4.69, 9.17) is 24.2 Å². The molecule has 1 N–H and O–H groups in total. The average Bonchev–Trinajstić information content (AvgIpc) is 3.73. The van der Waals surface area contributed by atoms with Crippen molar-refractivity contribution in [3.63, 3.8) is 0 Å². The van der Waals surface area contributed by atoms with Gasteiger partial charge < -0.3 is 19.5 Å². The molecule has 2 saturated carbocycles. The van der Waals surface area contributed by atoms with Gasteiger partial charge in [0, 0.05) is 43.5 Å². The van der Waals surface area contributed by atoms with Crippen LogP contribution in [-0.2, 0) is 16.0 Å². The second-order valence-electron chi connectivity index (χ2n) is 16.0. The number of ether oxygens (including phenoxy) is 3. The number of nitrogens with zero attached hydrogens (tertiary/aromatic N) is 4. The Bertz CT molecular complexity index is 1530. The zero-order valence-electron chi connectivity index (χ0n) is 29.5. The number of nitrogens with one attached hydrogen (secondary N) is 1. The van der Waals surface area contributed by atoms with Gasteiger partial charge in [-0.2, -0.15) is 5.26 Å². The molecule has 4 aliphatic rings. The van der Waals surface area contributed by atoms with Crippen molar-refractivity contribution in [1.29, 1.82) is 5.26 Å². The highest BCUT2D eigenvalue weighted by Crippen LogP contribution is 2.51. The summed E-state index contributed by atoms with van der Waals surface area (Å²) in [4.78, 5) is 39.7. The normalized spacial score (nSPS) is 32.6. The first-order valence-electron chi connectivity index (χ1n) is 18.1. The first kappa shape index (κ1) is 34.4. The lowest BCUT2D eigenvalue weighted by molar-refractivity contribution is -0.127. The third-order valence-corrected chi connectivity index (χ3v) is 11.5. The van der Waals surface area contributed by atoms with E-state index in [1.54, 1.807) is 7.11 Å². The zero-order chi connectivity index (χ0) is 34.2. The number of hydrogen-bond donors (Lipinski definition) is 1. The molecule has 2 aliphatic heterocycles. The summed E-state index contributed by atoms with van der Waals surface area (Å²) in [5.41, 5.74) is 1.93. The van der Waals surface area contributed by atoms with E-state index < -0.39 is 12.1 Å². The Morgan fingerprint density at radius 3 is 2.60 bits per heavy atom. The number of alkyl carbamates (subject to hydrolysis) is 1. The van der Waals surface area contributed by atoms with Crippen LogP contribution in [0, 0.1) is 46.3 Å². The fourth-order valence-electron chi connectivity index (χ4n) is 8.79. The highest BCUT2D eigenvalue weighted by Gasteiger charge is 2.51. The molecule has 1 aromatic heterocycles. The number of fused-ring (bicyclic) bond motifs is 9. The first-order chi connectivity index (χ1) is 23.0. The number of hydrogen-bond acceptors (Lipinski definition) is 9. The van der Waals surface area contributed by atoms with Crippen molar-refractivity contribution in [1.82, 2.24) is 20.2 Å². The van der Waals surface area contributed by atoms with Crippen molar-refractivity contribution in [2.45, 2.75) is 117 Å². The summed E-state index contributed by atoms with van der Waals surface area (Å²) < 4.78 is 18.6. The molecule has 3 heterocycles. The van der Waals surface area contributed by atoms with Crippen LogP contribution in [0.3, 0.4) is 0 Å². The summed E-state index contributed by atoms with van der Waals surface area (Å²) >= 11 is 0. The van der Waals surface area contributed by atoms with Gasteiger partial charge in [-0.05, 0) is 73.8 Å². The molecule has 2 aromatic rings. The minimum Gasteiger partial charge on any atom is -0.497 e. The van der Waals surface area contributed by atoms with Gasteiger partial charge in [0.15, 0.2) is 5.78 Å². The molecular weight excluding hydrogens is 606 g/mol. The number of Topliss-reactive ketones (excluding diaryl/α,β-unsaturated/α-hetero) is 1. The Hall–Kier alpha value is -3.45. The van der Waals surface area contributed by atoms with E-state index in [2.05, 4.69) is 37.1 Å². The zero-order valence-corrected chi connectivity index (χ0v) is 29.5. The van der Waals surface area contributed by atoms with Crippen LogP contribution >= 0.6 is 0 Å². The van der Waals surface area contributed by atoms with Gasteiger partial charge in [-0.3, -0.25) is 9.69 Å². The summed E-state index contributed by atoms with van der Waals surface area (Å²) in [6.07, 6.45) is 7.59. The standard InChI is InChI=1S/C38H53N5O5/c1-22(2)34(44)33-27(16-17-39)31-20-43(33)21-32(38(3,4)5)42-37(45)48-35-24-13-12-23(18-24)26(35)10-8-7-9-11-29-36(47-31)41-30-19-25(46-6)14-15-28(30)40-29/h14-15,19,22-24,26-27,31-33,35H,7-13,16,18,20-21H2,1-6H3,(H,42,45). The molecule has 6 rings (SSSR count). The summed E-state index contributed by atoms with van der Waals surface area (Å²) in [6.45, 7) is 11.0. The fourth-order valence-corrected chi connectivity index (χ4v) is 8.79. The van der Waals surface area contributed by atoms with Crippen LogP contribution in [0.15, 0.2) is 18.2 Å². The maximum Gasteiger partial charge on any atom is 0.407 e. The average molecular weight is 660 g/mol. The second-order valence-corrected chi connectivity index (χ2v) is 16.0. The quantitative estimate of drug-likeness (QED) is 0.392.